The summed E-state index contributed by atoms with van der Waals surface area (Å²) in [6, 6.07) is 24.4. The molecule has 0 saturated carbocycles. The Bertz CT molecular complexity index is 1190. The molecule has 4 nitrogen and oxygen atoms in total. The van der Waals surface area contributed by atoms with E-state index >= 15 is 0 Å². The van der Waals surface area contributed by atoms with Crippen LogP contribution in [0.4, 0.5) is 0 Å². The minimum Gasteiger partial charge on any atom is -0.496 e. The molecule has 1 unspecified atom stereocenters. The summed E-state index contributed by atoms with van der Waals surface area (Å²) in [7, 11) is 1.58. The summed E-state index contributed by atoms with van der Waals surface area (Å²) < 4.78 is 13.5. The molecular weight excluding hydrogens is 362 g/mol. The number of benzene rings is 3. The van der Waals surface area contributed by atoms with Gasteiger partial charge in [-0.15, -0.1) is 0 Å². The molecule has 3 aromatic carbocycles. The minimum absolute atomic E-state index is 0.316. The molecule has 1 aliphatic rings. The normalized spacial score (nSPS) is 15.8. The quantitative estimate of drug-likeness (QED) is 0.458. The predicted octanol–water partition coefficient (Wildman–Crippen LogP) is 5.15. The maximum absolute atomic E-state index is 12.8. The molecule has 1 aromatic heterocycles. The molecule has 1 aliphatic heterocycles. The molecule has 2 heterocycles. The minimum atomic E-state index is -0.325. The van der Waals surface area contributed by atoms with E-state index in [1.807, 2.05) is 30.3 Å². The van der Waals surface area contributed by atoms with Crippen LogP contribution in [0.1, 0.15) is 33.2 Å². The fourth-order valence-electron chi connectivity index (χ4n) is 4.19. The molecule has 0 spiro atoms. The summed E-state index contributed by atoms with van der Waals surface area (Å²) in [5, 5.41) is 1.12. The van der Waals surface area contributed by atoms with Crippen molar-refractivity contribution in [3.63, 3.8) is 0 Å². The number of cyclic esters (lactones) is 1. The Balaban J connectivity index is 1.56. The van der Waals surface area contributed by atoms with Crippen LogP contribution in [0.5, 0.6) is 5.75 Å². The lowest BCUT2D eigenvalue weighted by molar-refractivity contribution is 0.0251. The Kier molecular flexibility index (Phi) is 4.32. The van der Waals surface area contributed by atoms with Crippen LogP contribution < -0.4 is 4.74 Å². The summed E-state index contributed by atoms with van der Waals surface area (Å²) in [6.45, 7) is 0.770. The molecule has 0 N–H and O–H groups in total. The number of carbonyl (C=O) groups excluding carboxylic acids is 1. The van der Waals surface area contributed by atoms with E-state index in [0.717, 1.165) is 28.6 Å². The lowest BCUT2D eigenvalue weighted by Gasteiger charge is -2.25. The molecule has 0 fully saturated rings. The molecule has 144 valence electrons. The number of carbonyl (C=O) groups is 1. The Morgan fingerprint density at radius 3 is 2.62 bits per heavy atom. The van der Waals surface area contributed by atoms with Crippen molar-refractivity contribution >= 4 is 16.9 Å². The second-order valence-electron chi connectivity index (χ2n) is 7.31. The monoisotopic (exact) mass is 383 g/mol. The van der Waals surface area contributed by atoms with E-state index in [-0.39, 0.29) is 12.1 Å². The third kappa shape index (κ3) is 3.07. The second-order valence-corrected chi connectivity index (χ2v) is 7.31. The number of nitrogens with zero attached hydrogens (tertiary/aromatic N) is 1. The average molecular weight is 383 g/mol. The van der Waals surface area contributed by atoms with Crippen LogP contribution in [0, 0.1) is 0 Å². The number of esters is 1. The highest BCUT2D eigenvalue weighted by molar-refractivity contribution is 5.96. The van der Waals surface area contributed by atoms with Gasteiger partial charge in [-0.1, -0.05) is 60.7 Å². The van der Waals surface area contributed by atoms with Crippen LogP contribution in [0.15, 0.2) is 79.0 Å². The van der Waals surface area contributed by atoms with Crippen LogP contribution in [-0.4, -0.2) is 17.6 Å². The van der Waals surface area contributed by atoms with E-state index < -0.39 is 0 Å². The molecule has 1 atom stereocenters. The SMILES string of the molecule is COc1cccc2c1C(=O)OC(c1cn(Cc3ccccc3)c3ccccc13)C2. The van der Waals surface area contributed by atoms with E-state index in [1.54, 1.807) is 13.2 Å². The molecule has 0 bridgehead atoms. The second kappa shape index (κ2) is 7.13. The van der Waals surface area contributed by atoms with Crippen LogP contribution in [0.3, 0.4) is 0 Å². The van der Waals surface area contributed by atoms with E-state index in [0.29, 0.717) is 17.7 Å². The average Bonchev–Trinajstić information content (AvgIpc) is 3.12. The van der Waals surface area contributed by atoms with Gasteiger partial charge in [0.15, 0.2) is 0 Å². The Morgan fingerprint density at radius 2 is 1.79 bits per heavy atom. The first-order valence-electron chi connectivity index (χ1n) is 9.73. The maximum Gasteiger partial charge on any atom is 0.342 e. The zero-order valence-corrected chi connectivity index (χ0v) is 16.2. The Labute approximate surface area is 169 Å². The van der Waals surface area contributed by atoms with Gasteiger partial charge in [-0.25, -0.2) is 4.79 Å². The number of hydrogen-bond acceptors (Lipinski definition) is 3. The summed E-state index contributed by atoms with van der Waals surface area (Å²) >= 11 is 0. The zero-order valence-electron chi connectivity index (χ0n) is 16.2. The van der Waals surface area contributed by atoms with Crippen LogP contribution in [0.25, 0.3) is 10.9 Å². The van der Waals surface area contributed by atoms with Gasteiger partial charge < -0.3 is 14.0 Å². The summed E-state index contributed by atoms with van der Waals surface area (Å²) in [5.41, 5.74) is 4.91. The Morgan fingerprint density at radius 1 is 1.00 bits per heavy atom. The molecule has 0 aliphatic carbocycles. The van der Waals surface area contributed by atoms with Crippen molar-refractivity contribution in [3.05, 3.63) is 101 Å². The molecule has 0 amide bonds. The van der Waals surface area contributed by atoms with Gasteiger partial charge in [0, 0.05) is 35.6 Å². The first-order chi connectivity index (χ1) is 14.2. The lowest BCUT2D eigenvalue weighted by Crippen LogP contribution is -2.22. The molecular formula is C25H21NO3. The highest BCUT2D eigenvalue weighted by Crippen LogP contribution is 2.38. The van der Waals surface area contributed by atoms with Crippen molar-refractivity contribution < 1.29 is 14.3 Å². The van der Waals surface area contributed by atoms with Gasteiger partial charge in [0.25, 0.3) is 0 Å². The Hall–Kier alpha value is -3.53. The number of aromatic nitrogens is 1. The highest BCUT2D eigenvalue weighted by Gasteiger charge is 2.31. The highest BCUT2D eigenvalue weighted by atomic mass is 16.5. The number of methoxy groups -OCH3 is 1. The van der Waals surface area contributed by atoms with E-state index in [1.165, 1.54) is 5.56 Å². The van der Waals surface area contributed by atoms with Gasteiger partial charge in [0.2, 0.25) is 0 Å². The fraction of sp³-hybridized carbons (Fsp3) is 0.160. The van der Waals surface area contributed by atoms with Crippen molar-refractivity contribution in [3.8, 4) is 5.75 Å². The first kappa shape index (κ1) is 17.6. The largest absolute Gasteiger partial charge is 0.496 e. The standard InChI is InChI=1S/C25H21NO3/c1-28-22-13-7-10-18-14-23(29-25(27)24(18)22)20-16-26(15-17-8-3-2-4-9-17)21-12-6-5-11-19(20)21/h2-13,16,23H,14-15H2,1H3. The van der Waals surface area contributed by atoms with Gasteiger partial charge in [0.05, 0.1) is 7.11 Å². The number of ether oxygens (including phenoxy) is 2. The van der Waals surface area contributed by atoms with E-state index in [2.05, 4.69) is 47.2 Å². The summed E-state index contributed by atoms with van der Waals surface area (Å²) in [5.74, 6) is 0.242. The maximum atomic E-state index is 12.8. The summed E-state index contributed by atoms with van der Waals surface area (Å²) in [4.78, 5) is 12.8. The van der Waals surface area contributed by atoms with E-state index in [4.69, 9.17) is 9.47 Å². The zero-order chi connectivity index (χ0) is 19.8. The van der Waals surface area contributed by atoms with Crippen molar-refractivity contribution in [2.45, 2.75) is 19.1 Å². The third-order valence-corrected chi connectivity index (χ3v) is 5.55. The number of rotatable bonds is 4. The first-order valence-corrected chi connectivity index (χ1v) is 9.73. The number of fused-ring (bicyclic) bond motifs is 2. The van der Waals surface area contributed by atoms with Crippen LogP contribution in [0.2, 0.25) is 0 Å². The van der Waals surface area contributed by atoms with E-state index in [9.17, 15) is 4.79 Å². The number of para-hydroxylation sites is 1. The van der Waals surface area contributed by atoms with Crippen LogP contribution >= 0.6 is 0 Å². The van der Waals surface area contributed by atoms with Gasteiger partial charge in [-0.3, -0.25) is 0 Å². The van der Waals surface area contributed by atoms with Crippen molar-refractivity contribution in [1.82, 2.24) is 4.57 Å². The van der Waals surface area contributed by atoms with Crippen molar-refractivity contribution in [1.29, 1.82) is 0 Å². The topological polar surface area (TPSA) is 40.5 Å². The molecule has 29 heavy (non-hydrogen) atoms. The molecule has 4 aromatic rings. The molecule has 0 saturated heterocycles. The van der Waals surface area contributed by atoms with Gasteiger partial charge in [-0.2, -0.15) is 0 Å². The van der Waals surface area contributed by atoms with Crippen molar-refractivity contribution in [2.75, 3.05) is 7.11 Å². The van der Waals surface area contributed by atoms with Crippen LogP contribution in [-0.2, 0) is 17.7 Å². The number of hydrogen-bond donors (Lipinski definition) is 0. The molecule has 0 radical (unpaired) electrons. The lowest BCUT2D eigenvalue weighted by atomic mass is 9.94. The van der Waals surface area contributed by atoms with Gasteiger partial charge >= 0.3 is 5.97 Å². The molecule has 4 heteroatoms. The van der Waals surface area contributed by atoms with Crippen molar-refractivity contribution in [2.24, 2.45) is 0 Å². The third-order valence-electron chi connectivity index (χ3n) is 5.55. The smallest absolute Gasteiger partial charge is 0.342 e. The fourth-order valence-corrected chi connectivity index (χ4v) is 4.19. The summed E-state index contributed by atoms with van der Waals surface area (Å²) in [6.07, 6.45) is 2.45. The molecule has 5 rings (SSSR count). The predicted molar refractivity (Wildman–Crippen MR) is 112 cm³/mol. The van der Waals surface area contributed by atoms with Gasteiger partial charge in [0.1, 0.15) is 17.4 Å². The van der Waals surface area contributed by atoms with Gasteiger partial charge in [-0.05, 0) is 23.3 Å².